The van der Waals surface area contributed by atoms with E-state index in [4.69, 9.17) is 0 Å². The molecule has 2 N–H and O–H groups in total. The summed E-state index contributed by atoms with van der Waals surface area (Å²) in [5, 5.41) is 7.45. The molecule has 4 rings (SSSR count). The molecule has 1 atom stereocenters. The second-order valence-corrected chi connectivity index (χ2v) is 8.43. The van der Waals surface area contributed by atoms with Crippen LogP contribution in [-0.4, -0.2) is 48.3 Å². The minimum atomic E-state index is -3.52. The van der Waals surface area contributed by atoms with Crippen molar-refractivity contribution in [2.24, 2.45) is 13.0 Å². The Morgan fingerprint density at radius 1 is 1.19 bits per heavy atom. The Labute approximate surface area is 152 Å². The minimum Gasteiger partial charge on any atom is -0.368 e. The summed E-state index contributed by atoms with van der Waals surface area (Å²) in [6.07, 6.45) is 2.84. The van der Waals surface area contributed by atoms with E-state index >= 15 is 0 Å². The number of aromatic nitrogens is 2. The van der Waals surface area contributed by atoms with Gasteiger partial charge in [-0.3, -0.25) is 9.48 Å². The molecule has 1 saturated heterocycles. The summed E-state index contributed by atoms with van der Waals surface area (Å²) in [6, 6.07) is 8.61. The van der Waals surface area contributed by atoms with Gasteiger partial charge in [0.25, 0.3) is 5.91 Å². The van der Waals surface area contributed by atoms with Gasteiger partial charge in [-0.25, -0.2) is 8.42 Å². The molecule has 0 aliphatic carbocycles. The molecular formula is C17H21N5O3S. The lowest BCUT2D eigenvalue weighted by molar-refractivity contribution is 0.0672. The number of para-hydroxylation sites is 1. The Bertz CT molecular complexity index is 931. The molecule has 0 unspecified atom stereocenters. The number of benzene rings is 1. The molecule has 1 fully saturated rings. The number of piperidine rings is 1. The fraction of sp³-hybridized carbons (Fsp3) is 0.412. The molecule has 0 saturated carbocycles. The zero-order valence-electron chi connectivity index (χ0n) is 14.4. The lowest BCUT2D eigenvalue weighted by Crippen LogP contribution is -2.52. The van der Waals surface area contributed by atoms with Gasteiger partial charge in [0, 0.05) is 26.3 Å². The molecule has 0 radical (unpaired) electrons. The summed E-state index contributed by atoms with van der Waals surface area (Å²) in [6.45, 7) is 1.17. The topological polar surface area (TPSA) is 96.3 Å². The van der Waals surface area contributed by atoms with Crippen molar-refractivity contribution < 1.29 is 13.2 Å². The fourth-order valence-corrected chi connectivity index (χ4v) is 4.98. The smallest absolute Gasteiger partial charge is 0.274 e. The van der Waals surface area contributed by atoms with Crippen LogP contribution < -0.4 is 10.0 Å². The van der Waals surface area contributed by atoms with Gasteiger partial charge < -0.3 is 10.2 Å². The Kier molecular flexibility index (Phi) is 4.20. The van der Waals surface area contributed by atoms with Gasteiger partial charge in [0.05, 0.1) is 11.9 Å². The first-order chi connectivity index (χ1) is 12.4. The van der Waals surface area contributed by atoms with Crippen LogP contribution in [0, 0.1) is 5.92 Å². The van der Waals surface area contributed by atoms with Crippen molar-refractivity contribution in [3.63, 3.8) is 0 Å². The maximum Gasteiger partial charge on any atom is 0.274 e. The van der Waals surface area contributed by atoms with Gasteiger partial charge in [-0.15, -0.1) is 0 Å². The Hall–Kier alpha value is -2.39. The minimum absolute atomic E-state index is 0.0772. The van der Waals surface area contributed by atoms with E-state index in [1.807, 2.05) is 6.07 Å². The van der Waals surface area contributed by atoms with E-state index in [-0.39, 0.29) is 22.9 Å². The highest BCUT2D eigenvalue weighted by atomic mass is 32.2. The van der Waals surface area contributed by atoms with Gasteiger partial charge in [0.2, 0.25) is 10.0 Å². The van der Waals surface area contributed by atoms with Gasteiger partial charge in [0.15, 0.2) is 0 Å². The SMILES string of the molecule is Cn1ccc(C(=O)N2CCC([C@@H]3Nc4ccccc4S(=O)(=O)N3)CC2)n1. The fourth-order valence-electron chi connectivity index (χ4n) is 3.59. The Morgan fingerprint density at radius 2 is 1.92 bits per heavy atom. The summed E-state index contributed by atoms with van der Waals surface area (Å²) in [7, 11) is -1.74. The highest BCUT2D eigenvalue weighted by Gasteiger charge is 2.36. The van der Waals surface area contributed by atoms with Crippen LogP contribution >= 0.6 is 0 Å². The zero-order chi connectivity index (χ0) is 18.3. The van der Waals surface area contributed by atoms with E-state index < -0.39 is 10.0 Å². The number of sulfonamides is 1. The van der Waals surface area contributed by atoms with Crippen LogP contribution in [-0.2, 0) is 17.1 Å². The van der Waals surface area contributed by atoms with Crippen LogP contribution in [0.25, 0.3) is 0 Å². The highest BCUT2D eigenvalue weighted by molar-refractivity contribution is 7.89. The molecule has 1 aromatic carbocycles. The van der Waals surface area contributed by atoms with Gasteiger partial charge >= 0.3 is 0 Å². The number of fused-ring (bicyclic) bond motifs is 1. The molecule has 26 heavy (non-hydrogen) atoms. The number of aryl methyl sites for hydroxylation is 1. The van der Waals surface area contributed by atoms with Gasteiger partial charge in [0.1, 0.15) is 10.6 Å². The Morgan fingerprint density at radius 3 is 2.62 bits per heavy atom. The maximum atomic E-state index is 12.5. The molecule has 9 heteroatoms. The number of hydrogen-bond donors (Lipinski definition) is 2. The van der Waals surface area contributed by atoms with Crippen LogP contribution in [0.2, 0.25) is 0 Å². The number of rotatable bonds is 2. The van der Waals surface area contributed by atoms with E-state index in [9.17, 15) is 13.2 Å². The lowest BCUT2D eigenvalue weighted by atomic mass is 9.93. The molecule has 2 aliphatic heterocycles. The van der Waals surface area contributed by atoms with Crippen molar-refractivity contribution in [2.75, 3.05) is 18.4 Å². The van der Waals surface area contributed by atoms with Crippen molar-refractivity contribution in [1.82, 2.24) is 19.4 Å². The summed E-state index contributed by atoms with van der Waals surface area (Å²) in [5.74, 6) is 0.0393. The average Bonchev–Trinajstić information content (AvgIpc) is 3.07. The number of carbonyl (C=O) groups excluding carboxylic acids is 1. The maximum absolute atomic E-state index is 12.5. The monoisotopic (exact) mass is 375 g/mol. The largest absolute Gasteiger partial charge is 0.368 e. The molecule has 0 spiro atoms. The van der Waals surface area contributed by atoms with Gasteiger partial charge in [-0.05, 0) is 37.0 Å². The van der Waals surface area contributed by atoms with Crippen LogP contribution in [0.4, 0.5) is 5.69 Å². The number of hydrogen-bond acceptors (Lipinski definition) is 5. The summed E-state index contributed by atoms with van der Waals surface area (Å²) in [5.41, 5.74) is 1.07. The molecule has 2 aliphatic rings. The van der Waals surface area contributed by atoms with Crippen molar-refractivity contribution in [3.8, 4) is 0 Å². The molecule has 8 nitrogen and oxygen atoms in total. The second-order valence-electron chi connectivity index (χ2n) is 6.74. The van der Waals surface area contributed by atoms with Gasteiger partial charge in [-0.2, -0.15) is 9.82 Å². The Balaban J connectivity index is 1.43. The third-order valence-electron chi connectivity index (χ3n) is 5.00. The molecule has 2 aromatic rings. The summed E-state index contributed by atoms with van der Waals surface area (Å²) >= 11 is 0. The standard InChI is InChI=1S/C17H21N5O3S/c1-21-9-8-14(19-21)17(23)22-10-6-12(7-11-22)16-18-13-4-2-3-5-15(13)26(24,25)20-16/h2-5,8-9,12,16,18,20H,6-7,10-11H2,1H3/t16-/m1/s1. The van der Waals surface area contributed by atoms with Crippen molar-refractivity contribution in [3.05, 3.63) is 42.2 Å². The van der Waals surface area contributed by atoms with E-state index in [0.717, 1.165) is 12.8 Å². The highest BCUT2D eigenvalue weighted by Crippen LogP contribution is 2.30. The number of nitrogens with one attached hydrogen (secondary N) is 2. The van der Waals surface area contributed by atoms with Crippen molar-refractivity contribution in [2.45, 2.75) is 23.9 Å². The van der Waals surface area contributed by atoms with E-state index in [2.05, 4.69) is 15.1 Å². The van der Waals surface area contributed by atoms with Crippen LogP contribution in [0.15, 0.2) is 41.4 Å². The lowest BCUT2D eigenvalue weighted by Gasteiger charge is -2.38. The first-order valence-corrected chi connectivity index (χ1v) is 10.1. The van der Waals surface area contributed by atoms with Crippen molar-refractivity contribution in [1.29, 1.82) is 0 Å². The summed E-state index contributed by atoms with van der Waals surface area (Å²) < 4.78 is 29.3. The average molecular weight is 375 g/mol. The molecular weight excluding hydrogens is 354 g/mol. The summed E-state index contributed by atoms with van der Waals surface area (Å²) in [4.78, 5) is 14.5. The predicted molar refractivity (Wildman–Crippen MR) is 96.0 cm³/mol. The number of nitrogens with zero attached hydrogens (tertiary/aromatic N) is 3. The zero-order valence-corrected chi connectivity index (χ0v) is 15.2. The number of likely N-dealkylation sites (tertiary alicyclic amines) is 1. The molecule has 3 heterocycles. The third kappa shape index (κ3) is 3.08. The van der Waals surface area contributed by atoms with Crippen molar-refractivity contribution >= 4 is 21.6 Å². The molecule has 1 amide bonds. The normalized spacial score (nSPS) is 22.5. The van der Waals surface area contributed by atoms with E-state index in [0.29, 0.717) is 24.5 Å². The first kappa shape index (κ1) is 17.0. The molecule has 1 aromatic heterocycles. The van der Waals surface area contributed by atoms with Crippen LogP contribution in [0.1, 0.15) is 23.3 Å². The molecule has 0 bridgehead atoms. The number of anilines is 1. The van der Waals surface area contributed by atoms with Gasteiger partial charge in [-0.1, -0.05) is 12.1 Å². The van der Waals surface area contributed by atoms with E-state index in [1.165, 1.54) is 0 Å². The van der Waals surface area contributed by atoms with Crippen LogP contribution in [0.5, 0.6) is 0 Å². The quantitative estimate of drug-likeness (QED) is 0.816. The number of amides is 1. The predicted octanol–water partition coefficient (Wildman–Crippen LogP) is 1.00. The molecule has 138 valence electrons. The number of carbonyl (C=O) groups is 1. The second kappa shape index (κ2) is 6.40. The van der Waals surface area contributed by atoms with E-state index in [1.54, 1.807) is 47.1 Å². The first-order valence-electron chi connectivity index (χ1n) is 8.61. The third-order valence-corrected chi connectivity index (χ3v) is 6.50. The van der Waals surface area contributed by atoms with Crippen LogP contribution in [0.3, 0.4) is 0 Å².